The molecule has 1 saturated heterocycles. The molecule has 0 radical (unpaired) electrons. The van der Waals surface area contributed by atoms with Crippen LogP contribution in [0, 0.1) is 5.92 Å². The molecule has 3 fully saturated rings. The van der Waals surface area contributed by atoms with Crippen LogP contribution in [0.25, 0.3) is 0 Å². The summed E-state index contributed by atoms with van der Waals surface area (Å²) in [6, 6.07) is 2.88. The van der Waals surface area contributed by atoms with Crippen molar-refractivity contribution in [1.29, 1.82) is 0 Å². The van der Waals surface area contributed by atoms with Crippen LogP contribution >= 0.6 is 0 Å². The summed E-state index contributed by atoms with van der Waals surface area (Å²) in [7, 11) is 0. The van der Waals surface area contributed by atoms with Crippen LogP contribution in [-0.2, 0) is 0 Å². The van der Waals surface area contributed by atoms with E-state index in [-0.39, 0.29) is 0 Å². The van der Waals surface area contributed by atoms with Crippen molar-refractivity contribution in [2.45, 2.75) is 69.7 Å². The number of anilines is 1. The molecule has 2 heterocycles. The Morgan fingerprint density at radius 2 is 1.80 bits per heavy atom. The smallest absolute Gasteiger partial charge is 0.133 e. The van der Waals surface area contributed by atoms with E-state index in [0.717, 1.165) is 17.8 Å². The fraction of sp³-hybridized carbons (Fsp3) is 0.765. The Kier molecular flexibility index (Phi) is 3.37. The van der Waals surface area contributed by atoms with Gasteiger partial charge < -0.3 is 4.90 Å². The van der Waals surface area contributed by atoms with Gasteiger partial charge in [0.25, 0.3) is 0 Å². The molecule has 0 aromatic carbocycles. The van der Waals surface area contributed by atoms with E-state index >= 15 is 0 Å². The summed E-state index contributed by atoms with van der Waals surface area (Å²) in [4.78, 5) is 11.9. The summed E-state index contributed by atoms with van der Waals surface area (Å²) in [5.74, 6) is 3.86. The first-order chi connectivity index (χ1) is 9.92. The van der Waals surface area contributed by atoms with Gasteiger partial charge in [-0.2, -0.15) is 0 Å². The Bertz CT molecular complexity index is 463. The molecule has 20 heavy (non-hydrogen) atoms. The van der Waals surface area contributed by atoms with Crippen LogP contribution in [0.2, 0.25) is 0 Å². The molecule has 0 unspecified atom stereocenters. The topological polar surface area (TPSA) is 29.0 Å². The average Bonchev–Trinajstić information content (AvgIpc) is 3.25. The monoisotopic (exact) mass is 271 g/mol. The molecule has 3 aliphatic rings. The van der Waals surface area contributed by atoms with Gasteiger partial charge in [-0.1, -0.05) is 19.3 Å². The van der Waals surface area contributed by atoms with Crippen LogP contribution in [0.1, 0.15) is 69.5 Å². The summed E-state index contributed by atoms with van der Waals surface area (Å²) < 4.78 is 0. The van der Waals surface area contributed by atoms with Gasteiger partial charge in [-0.3, -0.25) is 0 Å². The van der Waals surface area contributed by atoms with E-state index in [4.69, 9.17) is 4.98 Å². The van der Waals surface area contributed by atoms with Gasteiger partial charge in [0.15, 0.2) is 0 Å². The highest BCUT2D eigenvalue weighted by atomic mass is 15.2. The van der Waals surface area contributed by atoms with Crippen molar-refractivity contribution >= 4 is 5.82 Å². The molecule has 3 nitrogen and oxygen atoms in total. The second-order valence-corrected chi connectivity index (χ2v) is 6.85. The van der Waals surface area contributed by atoms with Gasteiger partial charge in [-0.05, 0) is 50.5 Å². The number of aromatic nitrogens is 2. The van der Waals surface area contributed by atoms with Crippen molar-refractivity contribution in [1.82, 2.24) is 9.97 Å². The first kappa shape index (κ1) is 12.6. The number of rotatable bonds is 3. The molecule has 2 saturated carbocycles. The third kappa shape index (κ3) is 2.43. The standard InChI is InChI=1S/C17H25N3/c1-2-5-13(6-3-1)15-7-4-12-20(15)16-10-11-18-17(19-16)14-8-9-14/h10-11,13-15H,1-9,12H2/t15-/m1/s1. The molecule has 1 atom stereocenters. The van der Waals surface area contributed by atoms with Gasteiger partial charge in [0, 0.05) is 24.7 Å². The zero-order chi connectivity index (χ0) is 13.4. The second-order valence-electron chi connectivity index (χ2n) is 6.85. The Morgan fingerprint density at radius 3 is 2.60 bits per heavy atom. The highest BCUT2D eigenvalue weighted by molar-refractivity contribution is 5.41. The third-order valence-electron chi connectivity index (χ3n) is 5.39. The summed E-state index contributed by atoms with van der Waals surface area (Å²) in [6.45, 7) is 1.20. The van der Waals surface area contributed by atoms with Gasteiger partial charge in [0.2, 0.25) is 0 Å². The molecule has 1 aromatic heterocycles. The van der Waals surface area contributed by atoms with Gasteiger partial charge in [-0.15, -0.1) is 0 Å². The number of hydrogen-bond donors (Lipinski definition) is 0. The van der Waals surface area contributed by atoms with Crippen molar-refractivity contribution in [3.8, 4) is 0 Å². The second kappa shape index (κ2) is 5.34. The lowest BCUT2D eigenvalue weighted by molar-refractivity contribution is 0.304. The first-order valence-electron chi connectivity index (χ1n) is 8.51. The van der Waals surface area contributed by atoms with Crippen molar-refractivity contribution < 1.29 is 0 Å². The zero-order valence-corrected chi connectivity index (χ0v) is 12.3. The van der Waals surface area contributed by atoms with E-state index in [2.05, 4.69) is 16.0 Å². The van der Waals surface area contributed by atoms with E-state index in [0.29, 0.717) is 5.92 Å². The van der Waals surface area contributed by atoms with Gasteiger partial charge in [0.1, 0.15) is 11.6 Å². The quantitative estimate of drug-likeness (QED) is 0.835. The Labute approximate surface area is 121 Å². The summed E-state index contributed by atoms with van der Waals surface area (Å²) in [6.07, 6.45) is 14.4. The van der Waals surface area contributed by atoms with Crippen molar-refractivity contribution in [3.05, 3.63) is 18.1 Å². The lowest BCUT2D eigenvalue weighted by Crippen LogP contribution is -2.37. The van der Waals surface area contributed by atoms with Gasteiger partial charge in [0.05, 0.1) is 0 Å². The maximum atomic E-state index is 4.88. The zero-order valence-electron chi connectivity index (χ0n) is 12.3. The fourth-order valence-electron chi connectivity index (χ4n) is 4.15. The number of hydrogen-bond acceptors (Lipinski definition) is 3. The predicted octanol–water partition coefficient (Wildman–Crippen LogP) is 3.90. The summed E-state index contributed by atoms with van der Waals surface area (Å²) >= 11 is 0. The molecule has 4 rings (SSSR count). The molecule has 0 amide bonds. The van der Waals surface area contributed by atoms with E-state index in [1.54, 1.807) is 0 Å². The minimum Gasteiger partial charge on any atom is -0.353 e. The maximum absolute atomic E-state index is 4.88. The van der Waals surface area contributed by atoms with Crippen LogP contribution in [0.4, 0.5) is 5.82 Å². The van der Waals surface area contributed by atoms with Gasteiger partial charge in [-0.25, -0.2) is 9.97 Å². The van der Waals surface area contributed by atoms with Crippen LogP contribution in [0.5, 0.6) is 0 Å². The van der Waals surface area contributed by atoms with Crippen LogP contribution < -0.4 is 4.90 Å². The lowest BCUT2D eigenvalue weighted by Gasteiger charge is -2.34. The maximum Gasteiger partial charge on any atom is 0.133 e. The van der Waals surface area contributed by atoms with Gasteiger partial charge >= 0.3 is 0 Å². The Morgan fingerprint density at radius 1 is 0.950 bits per heavy atom. The SMILES string of the molecule is c1cc(N2CCC[C@@H]2C2CCCCC2)nc(C2CC2)n1. The van der Waals surface area contributed by atoms with Crippen LogP contribution in [0.3, 0.4) is 0 Å². The minimum atomic E-state index is 0.658. The predicted molar refractivity (Wildman–Crippen MR) is 81.0 cm³/mol. The molecule has 1 aromatic rings. The highest BCUT2D eigenvalue weighted by Crippen LogP contribution is 2.40. The van der Waals surface area contributed by atoms with Crippen LogP contribution in [-0.4, -0.2) is 22.6 Å². The van der Waals surface area contributed by atoms with Crippen LogP contribution in [0.15, 0.2) is 12.3 Å². The van der Waals surface area contributed by atoms with E-state index in [9.17, 15) is 0 Å². The minimum absolute atomic E-state index is 0.658. The molecule has 0 spiro atoms. The molecule has 3 heteroatoms. The normalized spacial score (nSPS) is 28.0. The fourth-order valence-corrected chi connectivity index (χ4v) is 4.15. The van der Waals surface area contributed by atoms with Crippen molar-refractivity contribution in [2.24, 2.45) is 5.92 Å². The molecule has 2 aliphatic carbocycles. The van der Waals surface area contributed by atoms with E-state index in [1.807, 2.05) is 6.20 Å². The lowest BCUT2D eigenvalue weighted by atomic mass is 9.83. The molecular formula is C17H25N3. The first-order valence-corrected chi connectivity index (χ1v) is 8.51. The molecular weight excluding hydrogens is 246 g/mol. The molecule has 0 N–H and O–H groups in total. The van der Waals surface area contributed by atoms with E-state index in [1.165, 1.54) is 70.2 Å². The van der Waals surface area contributed by atoms with Crippen molar-refractivity contribution in [2.75, 3.05) is 11.4 Å². The Hall–Kier alpha value is -1.12. The van der Waals surface area contributed by atoms with Crippen molar-refractivity contribution in [3.63, 3.8) is 0 Å². The summed E-state index contributed by atoms with van der Waals surface area (Å²) in [5.41, 5.74) is 0. The molecule has 108 valence electrons. The Balaban J connectivity index is 1.54. The highest BCUT2D eigenvalue weighted by Gasteiger charge is 2.34. The van der Waals surface area contributed by atoms with E-state index < -0.39 is 0 Å². The molecule has 1 aliphatic heterocycles. The summed E-state index contributed by atoms with van der Waals surface area (Å²) in [5, 5.41) is 0. The largest absolute Gasteiger partial charge is 0.353 e. The average molecular weight is 271 g/mol. The number of nitrogens with zero attached hydrogens (tertiary/aromatic N) is 3. The third-order valence-corrected chi connectivity index (χ3v) is 5.39. The molecule has 0 bridgehead atoms.